The van der Waals surface area contributed by atoms with E-state index in [9.17, 15) is 9.90 Å². The largest absolute Gasteiger partial charge is 0.480 e. The van der Waals surface area contributed by atoms with Gasteiger partial charge in [-0.3, -0.25) is 0 Å². The Morgan fingerprint density at radius 1 is 1.42 bits per heavy atom. The van der Waals surface area contributed by atoms with Crippen LogP contribution in [0, 0.1) is 0 Å². The highest BCUT2D eigenvalue weighted by atomic mass is 35.5. The van der Waals surface area contributed by atoms with E-state index < -0.39 is 12.0 Å². The zero-order valence-corrected chi connectivity index (χ0v) is 12.3. The molecule has 0 aliphatic carbocycles. The second-order valence-electron chi connectivity index (χ2n) is 5.53. The summed E-state index contributed by atoms with van der Waals surface area (Å²) in [5.41, 5.74) is 2.70. The third kappa shape index (κ3) is 2.35. The van der Waals surface area contributed by atoms with Gasteiger partial charge in [-0.25, -0.2) is 4.79 Å². The fourth-order valence-electron chi connectivity index (χ4n) is 2.84. The summed E-state index contributed by atoms with van der Waals surface area (Å²) in [6.45, 7) is 7.78. The minimum absolute atomic E-state index is 0.345. The fourth-order valence-corrected chi connectivity index (χ4v) is 3.01. The molecular weight excluding hydrogens is 262 g/mol. The van der Waals surface area contributed by atoms with Gasteiger partial charge in [0.2, 0.25) is 0 Å². The van der Waals surface area contributed by atoms with Crippen LogP contribution >= 0.6 is 11.6 Å². The number of rotatable bonds is 2. The summed E-state index contributed by atoms with van der Waals surface area (Å²) in [4.78, 5) is 13.3. The molecule has 0 unspecified atom stereocenters. The molecule has 1 aliphatic heterocycles. The SMILES string of the molecule is CC1=CC(C)(C)N([C@H](C)C(=O)O)c2ccc(Cl)cc21. The number of carboxylic acids is 1. The van der Waals surface area contributed by atoms with Crippen molar-refractivity contribution in [3.05, 3.63) is 34.9 Å². The number of carbonyl (C=O) groups is 1. The third-order valence-corrected chi connectivity index (χ3v) is 3.81. The summed E-state index contributed by atoms with van der Waals surface area (Å²) in [5.74, 6) is -0.832. The Labute approximate surface area is 118 Å². The van der Waals surface area contributed by atoms with Crippen molar-refractivity contribution in [1.82, 2.24) is 0 Å². The van der Waals surface area contributed by atoms with Crippen molar-refractivity contribution in [2.45, 2.75) is 39.3 Å². The van der Waals surface area contributed by atoms with Crippen LogP contribution in [0.4, 0.5) is 5.69 Å². The van der Waals surface area contributed by atoms with Crippen LogP contribution in [0.5, 0.6) is 0 Å². The van der Waals surface area contributed by atoms with Gasteiger partial charge in [-0.1, -0.05) is 17.7 Å². The van der Waals surface area contributed by atoms with Crippen molar-refractivity contribution >= 4 is 28.8 Å². The van der Waals surface area contributed by atoms with Crippen molar-refractivity contribution in [3.63, 3.8) is 0 Å². The molecule has 0 saturated heterocycles. The average Bonchev–Trinajstić information content (AvgIpc) is 2.28. The minimum atomic E-state index is -0.832. The van der Waals surface area contributed by atoms with E-state index in [-0.39, 0.29) is 5.54 Å². The summed E-state index contributed by atoms with van der Waals surface area (Å²) in [6.07, 6.45) is 2.09. The molecule has 1 heterocycles. The Balaban J connectivity index is 2.64. The number of carboxylic acid groups (broad SMARTS) is 1. The predicted molar refractivity (Wildman–Crippen MR) is 78.8 cm³/mol. The zero-order valence-electron chi connectivity index (χ0n) is 11.6. The highest BCUT2D eigenvalue weighted by Gasteiger charge is 2.37. The molecule has 4 heteroatoms. The Morgan fingerprint density at radius 3 is 2.63 bits per heavy atom. The summed E-state index contributed by atoms with van der Waals surface area (Å²) in [7, 11) is 0. The van der Waals surface area contributed by atoms with E-state index in [0.29, 0.717) is 5.02 Å². The molecule has 0 amide bonds. The average molecular weight is 280 g/mol. The summed E-state index contributed by atoms with van der Waals surface area (Å²) >= 11 is 6.04. The Morgan fingerprint density at radius 2 is 2.05 bits per heavy atom. The standard InChI is InChI=1S/C15H18ClNO2/c1-9-8-15(3,4)17(10(2)14(18)19)13-6-5-11(16)7-12(9)13/h5-8,10H,1-4H3,(H,18,19)/t10-/m1/s1. The zero-order chi connectivity index (χ0) is 14.4. The molecule has 1 N–H and O–H groups in total. The first-order valence-electron chi connectivity index (χ1n) is 6.25. The highest BCUT2D eigenvalue weighted by Crippen LogP contribution is 2.41. The number of aliphatic carboxylic acids is 1. The lowest BCUT2D eigenvalue weighted by Crippen LogP contribution is -2.53. The van der Waals surface area contributed by atoms with E-state index in [1.807, 2.05) is 37.8 Å². The molecule has 0 radical (unpaired) electrons. The molecule has 3 nitrogen and oxygen atoms in total. The maximum absolute atomic E-state index is 11.4. The Hall–Kier alpha value is -1.48. The van der Waals surface area contributed by atoms with Crippen LogP contribution in [0.25, 0.3) is 5.57 Å². The first kappa shape index (κ1) is 13.9. The van der Waals surface area contributed by atoms with Gasteiger partial charge in [0.1, 0.15) is 6.04 Å². The summed E-state index contributed by atoms with van der Waals surface area (Å²) < 4.78 is 0. The Kier molecular flexibility index (Phi) is 3.35. The molecule has 1 aromatic carbocycles. The second kappa shape index (κ2) is 4.57. The highest BCUT2D eigenvalue weighted by molar-refractivity contribution is 6.30. The number of nitrogens with zero attached hydrogens (tertiary/aromatic N) is 1. The summed E-state index contributed by atoms with van der Waals surface area (Å²) in [5, 5.41) is 9.99. The number of allylic oxidation sites excluding steroid dienone is 1. The summed E-state index contributed by atoms with van der Waals surface area (Å²) in [6, 6.07) is 4.99. The molecule has 0 fully saturated rings. The van der Waals surface area contributed by atoms with E-state index in [1.165, 1.54) is 0 Å². The van der Waals surface area contributed by atoms with E-state index in [2.05, 4.69) is 6.08 Å². The van der Waals surface area contributed by atoms with Gasteiger partial charge in [-0.05, 0) is 51.5 Å². The number of anilines is 1. The third-order valence-electron chi connectivity index (χ3n) is 3.58. The van der Waals surface area contributed by atoms with Gasteiger partial charge in [-0.2, -0.15) is 0 Å². The van der Waals surface area contributed by atoms with Gasteiger partial charge in [0.15, 0.2) is 0 Å². The number of hydrogen-bond donors (Lipinski definition) is 1. The number of hydrogen-bond acceptors (Lipinski definition) is 2. The minimum Gasteiger partial charge on any atom is -0.480 e. The molecule has 0 saturated carbocycles. The molecule has 2 rings (SSSR count). The Bertz CT molecular complexity index is 563. The monoisotopic (exact) mass is 279 g/mol. The van der Waals surface area contributed by atoms with Crippen LogP contribution < -0.4 is 4.90 Å². The lowest BCUT2D eigenvalue weighted by Gasteiger charge is -2.45. The normalized spacial score (nSPS) is 18.6. The first-order chi connectivity index (χ1) is 8.74. The smallest absolute Gasteiger partial charge is 0.326 e. The molecule has 1 atom stereocenters. The van der Waals surface area contributed by atoms with Crippen molar-refractivity contribution < 1.29 is 9.90 Å². The molecule has 0 aromatic heterocycles. The van der Waals surface area contributed by atoms with Crippen LogP contribution in [0.15, 0.2) is 24.3 Å². The quantitative estimate of drug-likeness (QED) is 0.895. The number of halogens is 1. The van der Waals surface area contributed by atoms with Gasteiger partial charge >= 0.3 is 5.97 Å². The first-order valence-corrected chi connectivity index (χ1v) is 6.63. The number of fused-ring (bicyclic) bond motifs is 1. The van der Waals surface area contributed by atoms with Crippen LogP contribution in [-0.4, -0.2) is 22.7 Å². The molecule has 0 bridgehead atoms. The van der Waals surface area contributed by atoms with Gasteiger partial charge < -0.3 is 10.0 Å². The van der Waals surface area contributed by atoms with Crippen molar-refractivity contribution in [3.8, 4) is 0 Å². The molecule has 19 heavy (non-hydrogen) atoms. The number of benzene rings is 1. The van der Waals surface area contributed by atoms with E-state index in [0.717, 1.165) is 16.8 Å². The van der Waals surface area contributed by atoms with Crippen LogP contribution in [0.3, 0.4) is 0 Å². The van der Waals surface area contributed by atoms with Crippen LogP contribution in [0.1, 0.15) is 33.3 Å². The molecule has 102 valence electrons. The van der Waals surface area contributed by atoms with Crippen LogP contribution in [-0.2, 0) is 4.79 Å². The maximum atomic E-state index is 11.4. The molecular formula is C15H18ClNO2. The van der Waals surface area contributed by atoms with Crippen molar-refractivity contribution in [2.24, 2.45) is 0 Å². The molecule has 1 aromatic rings. The van der Waals surface area contributed by atoms with E-state index >= 15 is 0 Å². The van der Waals surface area contributed by atoms with Gasteiger partial charge in [-0.15, -0.1) is 0 Å². The lowest BCUT2D eigenvalue weighted by atomic mass is 9.87. The second-order valence-corrected chi connectivity index (χ2v) is 5.96. The fraction of sp³-hybridized carbons (Fsp3) is 0.400. The van der Waals surface area contributed by atoms with Crippen molar-refractivity contribution in [1.29, 1.82) is 0 Å². The topological polar surface area (TPSA) is 40.5 Å². The molecule has 0 spiro atoms. The van der Waals surface area contributed by atoms with Gasteiger partial charge in [0.25, 0.3) is 0 Å². The maximum Gasteiger partial charge on any atom is 0.326 e. The van der Waals surface area contributed by atoms with E-state index in [1.54, 1.807) is 13.0 Å². The van der Waals surface area contributed by atoms with Gasteiger partial charge in [0.05, 0.1) is 5.54 Å². The molecule has 1 aliphatic rings. The van der Waals surface area contributed by atoms with Crippen LogP contribution in [0.2, 0.25) is 5.02 Å². The van der Waals surface area contributed by atoms with Gasteiger partial charge in [0, 0.05) is 16.3 Å². The predicted octanol–water partition coefficient (Wildman–Crippen LogP) is 3.82. The van der Waals surface area contributed by atoms with Crippen molar-refractivity contribution in [2.75, 3.05) is 4.90 Å². The lowest BCUT2D eigenvalue weighted by molar-refractivity contribution is -0.138. The van der Waals surface area contributed by atoms with E-state index in [4.69, 9.17) is 11.6 Å².